The van der Waals surface area contributed by atoms with Gasteiger partial charge in [-0.05, 0) is 23.3 Å². The Morgan fingerprint density at radius 2 is 2.48 bits per heavy atom. The van der Waals surface area contributed by atoms with E-state index in [1.54, 1.807) is 4.68 Å². The van der Waals surface area contributed by atoms with Gasteiger partial charge in [-0.2, -0.15) is 0 Å². The van der Waals surface area contributed by atoms with E-state index in [2.05, 4.69) is 20.8 Å². The Labute approximate surface area is 122 Å². The van der Waals surface area contributed by atoms with Gasteiger partial charge in [0.25, 0.3) is 0 Å². The van der Waals surface area contributed by atoms with Crippen molar-refractivity contribution in [2.45, 2.75) is 38.0 Å². The van der Waals surface area contributed by atoms with Gasteiger partial charge in [-0.3, -0.25) is 4.79 Å². The molecule has 1 fully saturated rings. The van der Waals surface area contributed by atoms with E-state index in [1.807, 2.05) is 0 Å². The van der Waals surface area contributed by atoms with Crippen molar-refractivity contribution < 1.29 is 19.4 Å². The van der Waals surface area contributed by atoms with Gasteiger partial charge in [0.1, 0.15) is 6.33 Å². The Kier molecular flexibility index (Phi) is 6.51. The van der Waals surface area contributed by atoms with Crippen LogP contribution in [-0.2, 0) is 20.8 Å². The maximum atomic E-state index is 11.9. The lowest BCUT2D eigenvalue weighted by molar-refractivity contribution is -0.126. The number of amides is 1. The fraction of sp³-hybridized carbons (Fsp3) is 0.833. The molecule has 21 heavy (non-hydrogen) atoms. The highest BCUT2D eigenvalue weighted by atomic mass is 16.5. The van der Waals surface area contributed by atoms with Gasteiger partial charge in [-0.1, -0.05) is 0 Å². The van der Waals surface area contributed by atoms with Crippen LogP contribution < -0.4 is 5.32 Å². The van der Waals surface area contributed by atoms with E-state index in [0.29, 0.717) is 32.6 Å². The van der Waals surface area contributed by atoms with Crippen LogP contribution in [0, 0.1) is 0 Å². The molecule has 1 amide bonds. The second-order valence-electron chi connectivity index (χ2n) is 4.85. The molecule has 9 heteroatoms. The van der Waals surface area contributed by atoms with Crippen LogP contribution in [0.3, 0.4) is 0 Å². The minimum Gasteiger partial charge on any atom is -0.394 e. The fourth-order valence-electron chi connectivity index (χ4n) is 2.22. The summed E-state index contributed by atoms with van der Waals surface area (Å²) in [5, 5.41) is 22.5. The molecule has 118 valence electrons. The zero-order valence-electron chi connectivity index (χ0n) is 11.8. The van der Waals surface area contributed by atoms with Crippen LogP contribution in [-0.4, -0.2) is 69.8 Å². The molecular weight excluding hydrogens is 278 g/mol. The highest BCUT2D eigenvalue weighted by Gasteiger charge is 2.27. The molecule has 2 heterocycles. The lowest BCUT2D eigenvalue weighted by atomic mass is 10.1. The summed E-state index contributed by atoms with van der Waals surface area (Å²) in [6, 6.07) is -0.161. The van der Waals surface area contributed by atoms with Gasteiger partial charge in [-0.25, -0.2) is 4.68 Å². The van der Waals surface area contributed by atoms with Gasteiger partial charge < -0.3 is 19.9 Å². The van der Waals surface area contributed by atoms with Crippen molar-refractivity contribution in [1.29, 1.82) is 0 Å². The Bertz CT molecular complexity index is 414. The number of carbonyl (C=O) groups excluding carboxylic acids is 1. The van der Waals surface area contributed by atoms with Crippen LogP contribution in [0.25, 0.3) is 0 Å². The average Bonchev–Trinajstić information content (AvgIpc) is 2.99. The first-order chi connectivity index (χ1) is 10.3. The number of nitrogens with one attached hydrogen (secondary N) is 1. The number of aryl methyl sites for hydroxylation is 1. The van der Waals surface area contributed by atoms with E-state index in [9.17, 15) is 4.79 Å². The topological polar surface area (TPSA) is 111 Å². The molecule has 0 aromatic carbocycles. The van der Waals surface area contributed by atoms with E-state index < -0.39 is 0 Å². The van der Waals surface area contributed by atoms with Crippen molar-refractivity contribution in [3.8, 4) is 0 Å². The number of aliphatic hydroxyl groups is 1. The van der Waals surface area contributed by atoms with Gasteiger partial charge in [0.2, 0.25) is 5.91 Å². The molecule has 0 saturated carbocycles. The van der Waals surface area contributed by atoms with Crippen LogP contribution in [0.4, 0.5) is 0 Å². The van der Waals surface area contributed by atoms with Gasteiger partial charge in [0, 0.05) is 19.6 Å². The molecule has 1 aromatic heterocycles. The average molecular weight is 299 g/mol. The molecule has 2 rings (SSSR count). The van der Waals surface area contributed by atoms with Crippen molar-refractivity contribution in [3.63, 3.8) is 0 Å². The molecular formula is C12H21N5O4. The summed E-state index contributed by atoms with van der Waals surface area (Å²) in [4.78, 5) is 11.9. The van der Waals surface area contributed by atoms with Crippen molar-refractivity contribution >= 4 is 5.91 Å². The van der Waals surface area contributed by atoms with Crippen molar-refractivity contribution in [1.82, 2.24) is 25.5 Å². The summed E-state index contributed by atoms with van der Waals surface area (Å²) < 4.78 is 12.5. The number of hydrogen-bond donors (Lipinski definition) is 2. The molecule has 0 spiro atoms. The van der Waals surface area contributed by atoms with E-state index in [-0.39, 0.29) is 31.3 Å². The summed E-state index contributed by atoms with van der Waals surface area (Å²) in [6.45, 7) is 1.91. The molecule has 1 aromatic rings. The molecule has 1 aliphatic rings. The van der Waals surface area contributed by atoms with E-state index in [0.717, 1.165) is 6.42 Å². The van der Waals surface area contributed by atoms with Crippen molar-refractivity contribution in [2.24, 2.45) is 0 Å². The zero-order valence-corrected chi connectivity index (χ0v) is 11.8. The summed E-state index contributed by atoms with van der Waals surface area (Å²) in [6.07, 6.45) is 3.19. The summed E-state index contributed by atoms with van der Waals surface area (Å²) in [5.41, 5.74) is 0. The Morgan fingerprint density at radius 3 is 3.24 bits per heavy atom. The second kappa shape index (κ2) is 8.65. The molecule has 1 aliphatic heterocycles. The van der Waals surface area contributed by atoms with Gasteiger partial charge in [0.15, 0.2) is 0 Å². The number of hydrogen-bond acceptors (Lipinski definition) is 7. The predicted octanol–water partition coefficient (Wildman–Crippen LogP) is -1.26. The van der Waals surface area contributed by atoms with Gasteiger partial charge in [0.05, 0.1) is 32.0 Å². The SMILES string of the molecule is O=C(CCCn1cnnn1)N[C@H]1COCC[C@H]1OCCO. The Balaban J connectivity index is 1.69. The minimum atomic E-state index is -0.161. The van der Waals surface area contributed by atoms with Crippen LogP contribution in [0.5, 0.6) is 0 Å². The molecule has 0 unspecified atom stereocenters. The smallest absolute Gasteiger partial charge is 0.220 e. The number of nitrogens with zero attached hydrogens (tertiary/aromatic N) is 4. The first kappa shape index (κ1) is 15.8. The molecule has 2 atom stereocenters. The third kappa shape index (κ3) is 5.37. The van der Waals surface area contributed by atoms with Gasteiger partial charge in [-0.15, -0.1) is 5.10 Å². The number of aliphatic hydroxyl groups excluding tert-OH is 1. The highest BCUT2D eigenvalue weighted by Crippen LogP contribution is 2.12. The quantitative estimate of drug-likeness (QED) is 0.616. The summed E-state index contributed by atoms with van der Waals surface area (Å²) in [5.74, 6) is -0.0452. The van der Waals surface area contributed by atoms with Crippen LogP contribution >= 0.6 is 0 Å². The lowest BCUT2D eigenvalue weighted by Crippen LogP contribution is -2.50. The maximum absolute atomic E-state index is 11.9. The molecule has 0 radical (unpaired) electrons. The first-order valence-corrected chi connectivity index (χ1v) is 7.10. The largest absolute Gasteiger partial charge is 0.394 e. The second-order valence-corrected chi connectivity index (χ2v) is 4.85. The highest BCUT2D eigenvalue weighted by molar-refractivity contribution is 5.76. The lowest BCUT2D eigenvalue weighted by Gasteiger charge is -2.32. The van der Waals surface area contributed by atoms with Crippen LogP contribution in [0.1, 0.15) is 19.3 Å². The molecule has 2 N–H and O–H groups in total. The first-order valence-electron chi connectivity index (χ1n) is 7.10. The van der Waals surface area contributed by atoms with Gasteiger partial charge >= 0.3 is 0 Å². The van der Waals surface area contributed by atoms with Crippen molar-refractivity contribution in [3.05, 3.63) is 6.33 Å². The fourth-order valence-corrected chi connectivity index (χ4v) is 2.22. The Hall–Kier alpha value is -1.58. The minimum absolute atomic E-state index is 0.0238. The maximum Gasteiger partial charge on any atom is 0.220 e. The Morgan fingerprint density at radius 1 is 1.57 bits per heavy atom. The number of ether oxygens (including phenoxy) is 2. The summed E-state index contributed by atoms with van der Waals surface area (Å²) in [7, 11) is 0. The van der Waals surface area contributed by atoms with E-state index in [4.69, 9.17) is 14.6 Å². The standard InChI is InChI=1S/C12H21N5O4/c18-5-7-21-11-3-6-20-8-10(11)14-12(19)2-1-4-17-9-13-15-16-17/h9-11,18H,1-8H2,(H,14,19)/t10-,11+/m0/s1. The predicted molar refractivity (Wildman–Crippen MR) is 71.2 cm³/mol. The van der Waals surface area contributed by atoms with Crippen molar-refractivity contribution in [2.75, 3.05) is 26.4 Å². The number of tetrazole rings is 1. The zero-order chi connectivity index (χ0) is 14.9. The third-order valence-corrected chi connectivity index (χ3v) is 3.25. The third-order valence-electron chi connectivity index (χ3n) is 3.25. The van der Waals surface area contributed by atoms with E-state index >= 15 is 0 Å². The van der Waals surface area contributed by atoms with Crippen LogP contribution in [0.2, 0.25) is 0 Å². The number of rotatable bonds is 8. The van der Waals surface area contributed by atoms with E-state index in [1.165, 1.54) is 6.33 Å². The molecule has 1 saturated heterocycles. The molecule has 0 aliphatic carbocycles. The monoisotopic (exact) mass is 299 g/mol. The normalized spacial score (nSPS) is 22.1. The van der Waals surface area contributed by atoms with Crippen LogP contribution in [0.15, 0.2) is 6.33 Å². The molecule has 9 nitrogen and oxygen atoms in total. The number of carbonyl (C=O) groups is 1. The summed E-state index contributed by atoms with van der Waals surface area (Å²) >= 11 is 0. The number of aromatic nitrogens is 4. The molecule has 0 bridgehead atoms.